The Hall–Kier alpha value is -2.01. The summed E-state index contributed by atoms with van der Waals surface area (Å²) in [5.41, 5.74) is 3.84. The van der Waals surface area contributed by atoms with Crippen molar-refractivity contribution in [2.75, 3.05) is 40.8 Å². The minimum Gasteiger partial charge on any atom is -0.361 e. The van der Waals surface area contributed by atoms with E-state index in [0.29, 0.717) is 0 Å². The van der Waals surface area contributed by atoms with Crippen LogP contribution in [0.15, 0.2) is 29.4 Å². The van der Waals surface area contributed by atoms with E-state index in [9.17, 15) is 0 Å². The number of H-pyrrole nitrogens is 1. The highest BCUT2D eigenvalue weighted by Gasteiger charge is 2.04. The van der Waals surface area contributed by atoms with Gasteiger partial charge in [-0.2, -0.15) is 0 Å². The molecule has 23 heavy (non-hydrogen) atoms. The fourth-order valence-electron chi connectivity index (χ4n) is 2.65. The monoisotopic (exact) mass is 315 g/mol. The van der Waals surface area contributed by atoms with Crippen molar-refractivity contribution in [3.8, 4) is 0 Å². The minimum absolute atomic E-state index is 0.869. The van der Waals surface area contributed by atoms with Gasteiger partial charge in [0.25, 0.3) is 0 Å². The molecule has 0 atom stereocenters. The minimum atomic E-state index is 0.869. The SMILES string of the molecule is CN=C(NCCCN(C)C)NCCc1c[nH]c2cc(C)ccc12. The van der Waals surface area contributed by atoms with Crippen LogP contribution in [0.3, 0.4) is 0 Å². The summed E-state index contributed by atoms with van der Waals surface area (Å²) in [5, 5.41) is 8.05. The molecule has 0 fully saturated rings. The number of aromatic nitrogens is 1. The molecule has 0 saturated heterocycles. The lowest BCUT2D eigenvalue weighted by Crippen LogP contribution is -2.39. The zero-order valence-electron chi connectivity index (χ0n) is 14.7. The molecule has 0 aliphatic rings. The molecule has 0 saturated carbocycles. The maximum Gasteiger partial charge on any atom is 0.190 e. The summed E-state index contributed by atoms with van der Waals surface area (Å²) in [6.45, 7) is 5.00. The van der Waals surface area contributed by atoms with Gasteiger partial charge in [0.15, 0.2) is 5.96 Å². The van der Waals surface area contributed by atoms with Crippen molar-refractivity contribution < 1.29 is 0 Å². The Morgan fingerprint density at radius 2 is 2.00 bits per heavy atom. The Morgan fingerprint density at radius 3 is 2.74 bits per heavy atom. The van der Waals surface area contributed by atoms with E-state index in [-0.39, 0.29) is 0 Å². The molecule has 0 bridgehead atoms. The molecule has 0 radical (unpaired) electrons. The van der Waals surface area contributed by atoms with Gasteiger partial charge in [0, 0.05) is 37.2 Å². The second kappa shape index (κ2) is 8.58. The van der Waals surface area contributed by atoms with Crippen LogP contribution in [0, 0.1) is 6.92 Å². The van der Waals surface area contributed by atoms with E-state index < -0.39 is 0 Å². The fraction of sp³-hybridized carbons (Fsp3) is 0.500. The van der Waals surface area contributed by atoms with Gasteiger partial charge in [0.1, 0.15) is 0 Å². The first-order valence-corrected chi connectivity index (χ1v) is 8.26. The Morgan fingerprint density at radius 1 is 1.22 bits per heavy atom. The van der Waals surface area contributed by atoms with Crippen molar-refractivity contribution in [1.82, 2.24) is 20.5 Å². The molecule has 2 aromatic rings. The van der Waals surface area contributed by atoms with Crippen molar-refractivity contribution in [3.05, 3.63) is 35.5 Å². The first-order valence-electron chi connectivity index (χ1n) is 8.26. The van der Waals surface area contributed by atoms with Crippen LogP contribution < -0.4 is 10.6 Å². The number of aliphatic imine (C=N–C) groups is 1. The van der Waals surface area contributed by atoms with Crippen molar-refractivity contribution in [3.63, 3.8) is 0 Å². The predicted molar refractivity (Wildman–Crippen MR) is 99.3 cm³/mol. The first kappa shape index (κ1) is 17.3. The van der Waals surface area contributed by atoms with Gasteiger partial charge in [-0.05, 0) is 57.6 Å². The lowest BCUT2D eigenvalue weighted by molar-refractivity contribution is 0.399. The van der Waals surface area contributed by atoms with Crippen molar-refractivity contribution in [2.24, 2.45) is 4.99 Å². The van der Waals surface area contributed by atoms with Gasteiger partial charge in [0.05, 0.1) is 0 Å². The van der Waals surface area contributed by atoms with E-state index in [1.54, 1.807) is 0 Å². The summed E-state index contributed by atoms with van der Waals surface area (Å²) in [6, 6.07) is 6.56. The molecular formula is C18H29N5. The third-order valence-corrected chi connectivity index (χ3v) is 3.91. The lowest BCUT2D eigenvalue weighted by atomic mass is 10.1. The molecule has 126 valence electrons. The summed E-state index contributed by atoms with van der Waals surface area (Å²) < 4.78 is 0. The molecule has 0 spiro atoms. The summed E-state index contributed by atoms with van der Waals surface area (Å²) in [7, 11) is 6.00. The van der Waals surface area contributed by atoms with Gasteiger partial charge >= 0.3 is 0 Å². The van der Waals surface area contributed by atoms with Gasteiger partial charge < -0.3 is 20.5 Å². The van der Waals surface area contributed by atoms with Crippen molar-refractivity contribution >= 4 is 16.9 Å². The Kier molecular flexibility index (Phi) is 6.47. The second-order valence-electron chi connectivity index (χ2n) is 6.20. The summed E-state index contributed by atoms with van der Waals surface area (Å²) in [4.78, 5) is 9.82. The van der Waals surface area contributed by atoms with Crippen molar-refractivity contribution in [2.45, 2.75) is 19.8 Å². The smallest absolute Gasteiger partial charge is 0.190 e. The van der Waals surface area contributed by atoms with Crippen LogP contribution in [0.4, 0.5) is 0 Å². The molecule has 5 nitrogen and oxygen atoms in total. The Bertz CT molecular complexity index is 642. The van der Waals surface area contributed by atoms with E-state index in [0.717, 1.165) is 38.4 Å². The zero-order valence-corrected chi connectivity index (χ0v) is 14.7. The second-order valence-corrected chi connectivity index (χ2v) is 6.20. The Labute approximate surface area is 139 Å². The molecule has 1 heterocycles. The molecule has 5 heteroatoms. The van der Waals surface area contributed by atoms with E-state index in [1.807, 2.05) is 7.05 Å². The molecule has 0 aliphatic heterocycles. The van der Waals surface area contributed by atoms with E-state index in [1.165, 1.54) is 22.0 Å². The molecular weight excluding hydrogens is 286 g/mol. The van der Waals surface area contributed by atoms with Gasteiger partial charge in [-0.1, -0.05) is 12.1 Å². The van der Waals surface area contributed by atoms with E-state index in [2.05, 4.69) is 70.9 Å². The van der Waals surface area contributed by atoms with E-state index in [4.69, 9.17) is 0 Å². The average molecular weight is 315 g/mol. The third-order valence-electron chi connectivity index (χ3n) is 3.91. The maximum atomic E-state index is 4.27. The third kappa shape index (κ3) is 5.28. The predicted octanol–water partition coefficient (Wildman–Crippen LogP) is 2.14. The summed E-state index contributed by atoms with van der Waals surface area (Å²) in [6.07, 6.45) is 4.19. The molecule has 3 N–H and O–H groups in total. The first-order chi connectivity index (χ1) is 11.1. The lowest BCUT2D eigenvalue weighted by Gasteiger charge is -2.13. The number of guanidine groups is 1. The fourth-order valence-corrected chi connectivity index (χ4v) is 2.65. The van der Waals surface area contributed by atoms with Gasteiger partial charge in [-0.25, -0.2) is 0 Å². The van der Waals surface area contributed by atoms with Gasteiger partial charge in [-0.3, -0.25) is 4.99 Å². The zero-order chi connectivity index (χ0) is 16.7. The quantitative estimate of drug-likeness (QED) is 0.417. The van der Waals surface area contributed by atoms with Crippen LogP contribution in [0.2, 0.25) is 0 Å². The van der Waals surface area contributed by atoms with Crippen LogP contribution in [-0.4, -0.2) is 56.6 Å². The number of hydrogen-bond donors (Lipinski definition) is 3. The van der Waals surface area contributed by atoms with Gasteiger partial charge in [0.2, 0.25) is 0 Å². The normalized spacial score (nSPS) is 12.1. The highest BCUT2D eigenvalue weighted by Crippen LogP contribution is 2.19. The van der Waals surface area contributed by atoms with Crippen LogP contribution in [0.25, 0.3) is 10.9 Å². The highest BCUT2D eigenvalue weighted by atomic mass is 15.2. The standard InChI is InChI=1S/C18H29N5/c1-14-6-7-16-15(13-22-17(16)12-14)8-10-21-18(19-2)20-9-5-11-23(3)4/h6-7,12-13,22H,5,8-11H2,1-4H3,(H2,19,20,21). The van der Waals surface area contributed by atoms with E-state index >= 15 is 0 Å². The van der Waals surface area contributed by atoms with Crippen LogP contribution in [0.1, 0.15) is 17.5 Å². The summed E-state index contributed by atoms with van der Waals surface area (Å²) >= 11 is 0. The summed E-state index contributed by atoms with van der Waals surface area (Å²) in [5.74, 6) is 0.874. The Balaban J connectivity index is 1.78. The molecule has 0 unspecified atom stereocenters. The number of fused-ring (bicyclic) bond motifs is 1. The number of hydrogen-bond acceptors (Lipinski definition) is 2. The molecule has 0 aliphatic carbocycles. The number of rotatable bonds is 7. The van der Waals surface area contributed by atoms with Crippen LogP contribution >= 0.6 is 0 Å². The number of nitrogens with one attached hydrogen (secondary N) is 3. The average Bonchev–Trinajstić information content (AvgIpc) is 2.91. The number of benzene rings is 1. The largest absolute Gasteiger partial charge is 0.361 e. The molecule has 1 aromatic heterocycles. The molecule has 2 rings (SSSR count). The molecule has 1 aromatic carbocycles. The number of nitrogens with zero attached hydrogens (tertiary/aromatic N) is 2. The van der Waals surface area contributed by atoms with Crippen LogP contribution in [0.5, 0.6) is 0 Å². The molecule has 0 amide bonds. The van der Waals surface area contributed by atoms with Gasteiger partial charge in [-0.15, -0.1) is 0 Å². The highest BCUT2D eigenvalue weighted by molar-refractivity contribution is 5.84. The topological polar surface area (TPSA) is 55.5 Å². The number of aryl methyl sites for hydroxylation is 1. The van der Waals surface area contributed by atoms with Crippen LogP contribution in [-0.2, 0) is 6.42 Å². The maximum absolute atomic E-state index is 4.27. The number of aromatic amines is 1. The van der Waals surface area contributed by atoms with Crippen molar-refractivity contribution in [1.29, 1.82) is 0 Å².